The van der Waals surface area contributed by atoms with Crippen LogP contribution in [0.25, 0.3) is 5.69 Å². The lowest BCUT2D eigenvalue weighted by Gasteiger charge is -2.34. The minimum absolute atomic E-state index is 0.0512. The number of piperazine rings is 1. The van der Waals surface area contributed by atoms with Crippen molar-refractivity contribution in [2.24, 2.45) is 0 Å². The molecule has 1 amide bonds. The highest BCUT2D eigenvalue weighted by atomic mass is 16.6. The number of nitro groups is 1. The summed E-state index contributed by atoms with van der Waals surface area (Å²) in [7, 11) is 0. The number of carboxylic acid groups (broad SMARTS) is 1. The number of hydrogen-bond acceptors (Lipinski definition) is 4. The van der Waals surface area contributed by atoms with Crippen molar-refractivity contribution < 1.29 is 14.8 Å². The predicted molar refractivity (Wildman–Crippen MR) is 93.7 cm³/mol. The highest BCUT2D eigenvalue weighted by Gasteiger charge is 2.23. The van der Waals surface area contributed by atoms with Gasteiger partial charge in [0.1, 0.15) is 5.69 Å². The van der Waals surface area contributed by atoms with Gasteiger partial charge in [0.15, 0.2) is 0 Å². The number of rotatable bonds is 3. The molecule has 0 atom stereocenters. The Morgan fingerprint density at radius 2 is 1.68 bits per heavy atom. The van der Waals surface area contributed by atoms with Gasteiger partial charge in [-0.05, 0) is 38.1 Å². The van der Waals surface area contributed by atoms with Gasteiger partial charge in [-0.25, -0.2) is 4.79 Å². The van der Waals surface area contributed by atoms with Gasteiger partial charge < -0.3 is 19.5 Å². The van der Waals surface area contributed by atoms with E-state index in [-0.39, 0.29) is 10.6 Å². The number of carbonyl (C=O) groups is 1. The molecule has 2 aromatic rings. The minimum Gasteiger partial charge on any atom is -0.465 e. The average molecular weight is 344 g/mol. The Morgan fingerprint density at radius 3 is 2.20 bits per heavy atom. The first-order valence-corrected chi connectivity index (χ1v) is 8.05. The van der Waals surface area contributed by atoms with Gasteiger partial charge in [0.25, 0.3) is 5.69 Å². The number of nitro benzene ring substituents is 1. The Balaban J connectivity index is 1.97. The number of anilines is 1. The van der Waals surface area contributed by atoms with Crippen LogP contribution in [0.3, 0.4) is 0 Å². The predicted octanol–water partition coefficient (Wildman–Crippen LogP) is 2.80. The molecule has 0 spiro atoms. The molecule has 1 saturated heterocycles. The first-order chi connectivity index (χ1) is 11.9. The number of hydrogen-bond donors (Lipinski definition) is 1. The van der Waals surface area contributed by atoms with Crippen LogP contribution in [-0.4, -0.2) is 51.8 Å². The third-order valence-corrected chi connectivity index (χ3v) is 4.58. The lowest BCUT2D eigenvalue weighted by atomic mass is 10.2. The average Bonchev–Trinajstić information content (AvgIpc) is 2.93. The van der Waals surface area contributed by atoms with Crippen LogP contribution in [0.2, 0.25) is 0 Å². The number of nitrogens with zero attached hydrogens (tertiary/aromatic N) is 4. The van der Waals surface area contributed by atoms with Crippen molar-refractivity contribution in [2.75, 3.05) is 31.1 Å². The Kier molecular flexibility index (Phi) is 4.35. The molecule has 132 valence electrons. The Bertz CT molecular complexity index is 803. The molecule has 0 saturated carbocycles. The SMILES string of the molecule is Cc1ccc(C)n1-c1cc(N2CCN(C(=O)O)CC2)ccc1[N+](=O)[O-]. The second-order valence-electron chi connectivity index (χ2n) is 6.14. The minimum atomic E-state index is -0.914. The maximum Gasteiger partial charge on any atom is 0.407 e. The first kappa shape index (κ1) is 16.8. The molecular weight excluding hydrogens is 324 g/mol. The molecule has 0 radical (unpaired) electrons. The van der Waals surface area contributed by atoms with Crippen LogP contribution >= 0.6 is 0 Å². The highest BCUT2D eigenvalue weighted by molar-refractivity contribution is 5.67. The lowest BCUT2D eigenvalue weighted by molar-refractivity contribution is -0.384. The highest BCUT2D eigenvalue weighted by Crippen LogP contribution is 2.31. The van der Waals surface area contributed by atoms with Gasteiger partial charge in [0.05, 0.1) is 4.92 Å². The summed E-state index contributed by atoms with van der Waals surface area (Å²) in [5.74, 6) is 0. The summed E-state index contributed by atoms with van der Waals surface area (Å²) >= 11 is 0. The van der Waals surface area contributed by atoms with Gasteiger partial charge in [-0.3, -0.25) is 10.1 Å². The summed E-state index contributed by atoms with van der Waals surface area (Å²) in [5, 5.41) is 20.5. The van der Waals surface area contributed by atoms with E-state index in [1.54, 1.807) is 6.07 Å². The molecule has 8 heteroatoms. The quantitative estimate of drug-likeness (QED) is 0.683. The number of benzene rings is 1. The van der Waals surface area contributed by atoms with Crippen molar-refractivity contribution in [3.63, 3.8) is 0 Å². The third kappa shape index (κ3) is 3.15. The maximum atomic E-state index is 11.5. The Labute approximate surface area is 145 Å². The number of aryl methyl sites for hydroxylation is 2. The molecule has 1 aliphatic rings. The zero-order chi connectivity index (χ0) is 18.1. The molecule has 1 N–H and O–H groups in total. The van der Waals surface area contributed by atoms with Crippen LogP contribution < -0.4 is 4.90 Å². The van der Waals surface area contributed by atoms with Gasteiger partial charge in [0.2, 0.25) is 0 Å². The topological polar surface area (TPSA) is 91.8 Å². The molecule has 1 aliphatic heterocycles. The van der Waals surface area contributed by atoms with Crippen molar-refractivity contribution >= 4 is 17.5 Å². The van der Waals surface area contributed by atoms with Gasteiger partial charge >= 0.3 is 6.09 Å². The summed E-state index contributed by atoms with van der Waals surface area (Å²) in [6.07, 6.45) is -0.914. The lowest BCUT2D eigenvalue weighted by Crippen LogP contribution is -2.48. The van der Waals surface area contributed by atoms with E-state index in [2.05, 4.69) is 4.90 Å². The van der Waals surface area contributed by atoms with E-state index in [9.17, 15) is 14.9 Å². The third-order valence-electron chi connectivity index (χ3n) is 4.58. The molecule has 0 bridgehead atoms. The van der Waals surface area contributed by atoms with Crippen LogP contribution in [0.1, 0.15) is 11.4 Å². The van der Waals surface area contributed by atoms with Crippen LogP contribution in [0.5, 0.6) is 0 Å². The standard InChI is InChI=1S/C17H20N4O4/c1-12-3-4-13(2)20(12)16-11-14(5-6-15(16)21(24)25)18-7-9-19(10-8-18)17(22)23/h3-6,11H,7-10H2,1-2H3,(H,22,23). The molecule has 2 heterocycles. The van der Waals surface area contributed by atoms with Crippen molar-refractivity contribution in [1.82, 2.24) is 9.47 Å². The summed E-state index contributed by atoms with van der Waals surface area (Å²) in [4.78, 5) is 25.5. The smallest absolute Gasteiger partial charge is 0.407 e. The van der Waals surface area contributed by atoms with E-state index in [1.807, 2.05) is 36.6 Å². The molecule has 1 aromatic carbocycles. The van der Waals surface area contributed by atoms with Crippen molar-refractivity contribution in [3.8, 4) is 5.69 Å². The molecule has 1 aromatic heterocycles. The molecule has 0 aliphatic carbocycles. The zero-order valence-electron chi connectivity index (χ0n) is 14.2. The van der Waals surface area contributed by atoms with Crippen molar-refractivity contribution in [1.29, 1.82) is 0 Å². The molecule has 1 fully saturated rings. The van der Waals surface area contributed by atoms with Gasteiger partial charge in [-0.2, -0.15) is 0 Å². The summed E-state index contributed by atoms with van der Waals surface area (Å²) in [6.45, 7) is 5.79. The van der Waals surface area contributed by atoms with Crippen molar-refractivity contribution in [3.05, 3.63) is 51.8 Å². The second-order valence-corrected chi connectivity index (χ2v) is 6.14. The van der Waals surface area contributed by atoms with Gasteiger partial charge in [0, 0.05) is 49.3 Å². The number of amides is 1. The summed E-state index contributed by atoms with van der Waals surface area (Å²) in [5.41, 5.74) is 3.29. The fourth-order valence-corrected chi connectivity index (χ4v) is 3.25. The number of aromatic nitrogens is 1. The first-order valence-electron chi connectivity index (χ1n) is 8.05. The molecule has 3 rings (SSSR count). The molecule has 8 nitrogen and oxygen atoms in total. The van der Waals surface area contributed by atoms with Crippen LogP contribution in [0.4, 0.5) is 16.2 Å². The maximum absolute atomic E-state index is 11.5. The summed E-state index contributed by atoms with van der Waals surface area (Å²) < 4.78 is 1.87. The molecule has 25 heavy (non-hydrogen) atoms. The van der Waals surface area contributed by atoms with E-state index in [0.717, 1.165) is 17.1 Å². The van der Waals surface area contributed by atoms with Crippen LogP contribution in [0, 0.1) is 24.0 Å². The largest absolute Gasteiger partial charge is 0.465 e. The van der Waals surface area contributed by atoms with Crippen LogP contribution in [0.15, 0.2) is 30.3 Å². The van der Waals surface area contributed by atoms with Crippen molar-refractivity contribution in [2.45, 2.75) is 13.8 Å². The van der Waals surface area contributed by atoms with E-state index in [4.69, 9.17) is 5.11 Å². The van der Waals surface area contributed by atoms with E-state index < -0.39 is 6.09 Å². The molecule has 0 unspecified atom stereocenters. The van der Waals surface area contributed by atoms with E-state index in [1.165, 1.54) is 11.0 Å². The second kappa shape index (κ2) is 6.46. The van der Waals surface area contributed by atoms with Gasteiger partial charge in [-0.15, -0.1) is 0 Å². The fourth-order valence-electron chi connectivity index (χ4n) is 3.25. The Hall–Kier alpha value is -3.03. The fraction of sp³-hybridized carbons (Fsp3) is 0.353. The molecular formula is C17H20N4O4. The summed E-state index contributed by atoms with van der Waals surface area (Å²) in [6, 6.07) is 8.92. The zero-order valence-corrected chi connectivity index (χ0v) is 14.2. The van der Waals surface area contributed by atoms with Gasteiger partial charge in [-0.1, -0.05) is 0 Å². The van der Waals surface area contributed by atoms with E-state index in [0.29, 0.717) is 31.9 Å². The Morgan fingerprint density at radius 1 is 1.08 bits per heavy atom. The normalized spacial score (nSPS) is 14.6. The van der Waals surface area contributed by atoms with E-state index >= 15 is 0 Å². The monoisotopic (exact) mass is 344 g/mol. The van der Waals surface area contributed by atoms with Crippen LogP contribution in [-0.2, 0) is 0 Å².